The lowest BCUT2D eigenvalue weighted by Crippen LogP contribution is -1.99. The molecule has 0 N–H and O–H groups in total. The molecule has 1 heterocycles. The average molecular weight is 311 g/mol. The number of aromatic nitrogens is 1. The van der Waals surface area contributed by atoms with Crippen molar-refractivity contribution in [2.24, 2.45) is 0 Å². The van der Waals surface area contributed by atoms with Gasteiger partial charge >= 0.3 is 5.51 Å². The first-order valence-corrected chi connectivity index (χ1v) is 7.37. The molecule has 6 heteroatoms. The third-order valence-corrected chi connectivity index (χ3v) is 4.51. The molecule has 0 aliphatic heterocycles. The van der Waals surface area contributed by atoms with Crippen molar-refractivity contribution in [2.45, 2.75) is 10.4 Å². The number of hydrogen-bond donors (Lipinski definition) is 0. The summed E-state index contributed by atoms with van der Waals surface area (Å²) in [6.45, 7) is 0. The molecule has 0 bridgehead atoms. The molecule has 0 aliphatic carbocycles. The van der Waals surface area contributed by atoms with Crippen LogP contribution in [0.4, 0.5) is 13.2 Å². The normalized spacial score (nSPS) is 11.9. The highest BCUT2D eigenvalue weighted by Crippen LogP contribution is 2.43. The number of alkyl halides is 3. The molecule has 1 nitrogen and oxygen atoms in total. The summed E-state index contributed by atoms with van der Waals surface area (Å²) >= 11 is 1.30. The minimum Gasteiger partial charge on any atom is -0.236 e. The maximum atomic E-state index is 12.6. The van der Waals surface area contributed by atoms with E-state index in [0.29, 0.717) is 10.6 Å². The lowest BCUT2D eigenvalue weighted by atomic mass is 10.2. The van der Waals surface area contributed by atoms with Crippen molar-refractivity contribution in [3.63, 3.8) is 0 Å². The Morgan fingerprint density at radius 1 is 0.950 bits per heavy atom. The molecule has 3 rings (SSSR count). The zero-order valence-corrected chi connectivity index (χ0v) is 11.6. The van der Waals surface area contributed by atoms with Crippen molar-refractivity contribution in [1.82, 2.24) is 4.98 Å². The number of fused-ring (bicyclic) bond motifs is 1. The van der Waals surface area contributed by atoms with E-state index in [1.807, 2.05) is 24.3 Å². The molecular formula is C14H8F3NS2. The molecule has 3 aromatic rings. The minimum absolute atomic E-state index is 0.101. The van der Waals surface area contributed by atoms with Crippen LogP contribution in [0.25, 0.3) is 20.8 Å². The standard InChI is InChI=1S/C14H8F3NS2/c15-14(16,17)20-11-7-3-1-5-9(11)13-18-10-6-2-4-8-12(10)19-13/h1-8H. The Kier molecular flexibility index (Phi) is 3.43. The molecule has 2 aromatic carbocycles. The molecule has 0 fully saturated rings. The second-order valence-electron chi connectivity index (χ2n) is 4.03. The van der Waals surface area contributed by atoms with Crippen LogP contribution in [0.15, 0.2) is 53.4 Å². The molecule has 0 amide bonds. The Morgan fingerprint density at radius 2 is 1.65 bits per heavy atom. The molecule has 0 aliphatic rings. The first-order chi connectivity index (χ1) is 9.53. The molecular weight excluding hydrogens is 303 g/mol. The van der Waals surface area contributed by atoms with Gasteiger partial charge in [-0.3, -0.25) is 0 Å². The summed E-state index contributed by atoms with van der Waals surface area (Å²) in [7, 11) is 0. The van der Waals surface area contributed by atoms with Crippen LogP contribution in [0.5, 0.6) is 0 Å². The van der Waals surface area contributed by atoms with Gasteiger partial charge in [-0.2, -0.15) is 13.2 Å². The summed E-state index contributed by atoms with van der Waals surface area (Å²) in [5, 5.41) is 0.610. The smallest absolute Gasteiger partial charge is 0.236 e. The minimum atomic E-state index is -4.30. The van der Waals surface area contributed by atoms with Crippen LogP contribution in [-0.4, -0.2) is 10.5 Å². The maximum absolute atomic E-state index is 12.6. The largest absolute Gasteiger partial charge is 0.446 e. The van der Waals surface area contributed by atoms with Crippen molar-refractivity contribution >= 4 is 33.3 Å². The van der Waals surface area contributed by atoms with E-state index in [1.165, 1.54) is 17.4 Å². The number of thiazole rings is 1. The van der Waals surface area contributed by atoms with Crippen LogP contribution in [0, 0.1) is 0 Å². The van der Waals surface area contributed by atoms with E-state index < -0.39 is 5.51 Å². The molecule has 102 valence electrons. The molecule has 0 saturated heterocycles. The van der Waals surface area contributed by atoms with Gasteiger partial charge in [0.25, 0.3) is 0 Å². The summed E-state index contributed by atoms with van der Waals surface area (Å²) in [5.41, 5.74) is -2.97. The lowest BCUT2D eigenvalue weighted by Gasteiger charge is -2.08. The third kappa shape index (κ3) is 2.81. The van der Waals surface area contributed by atoms with Gasteiger partial charge < -0.3 is 0 Å². The predicted octanol–water partition coefficient (Wildman–Crippen LogP) is 5.58. The SMILES string of the molecule is FC(F)(F)Sc1ccccc1-c1nc2ccccc2s1. The Morgan fingerprint density at radius 3 is 2.40 bits per heavy atom. The number of halogens is 3. The van der Waals surface area contributed by atoms with Crippen molar-refractivity contribution in [1.29, 1.82) is 0 Å². The van der Waals surface area contributed by atoms with Crippen molar-refractivity contribution in [3.8, 4) is 10.6 Å². The highest BCUT2D eigenvalue weighted by molar-refractivity contribution is 8.00. The van der Waals surface area contributed by atoms with E-state index in [-0.39, 0.29) is 16.7 Å². The molecule has 0 spiro atoms. The van der Waals surface area contributed by atoms with E-state index in [9.17, 15) is 13.2 Å². The fourth-order valence-corrected chi connectivity index (χ4v) is 3.58. The van der Waals surface area contributed by atoms with E-state index in [1.54, 1.807) is 18.2 Å². The Hall–Kier alpha value is -1.53. The molecule has 0 saturated carbocycles. The van der Waals surface area contributed by atoms with Crippen LogP contribution >= 0.6 is 23.1 Å². The Labute approximate surface area is 121 Å². The Balaban J connectivity index is 2.09. The highest BCUT2D eigenvalue weighted by Gasteiger charge is 2.30. The van der Waals surface area contributed by atoms with Crippen LogP contribution in [0.2, 0.25) is 0 Å². The van der Waals surface area contributed by atoms with Crippen LogP contribution < -0.4 is 0 Å². The van der Waals surface area contributed by atoms with Crippen molar-refractivity contribution in [2.75, 3.05) is 0 Å². The van der Waals surface area contributed by atoms with Gasteiger partial charge in [0, 0.05) is 10.5 Å². The van der Waals surface area contributed by atoms with Gasteiger partial charge in [-0.1, -0.05) is 30.3 Å². The number of rotatable bonds is 2. The van der Waals surface area contributed by atoms with Crippen molar-refractivity contribution in [3.05, 3.63) is 48.5 Å². The van der Waals surface area contributed by atoms with Gasteiger partial charge in [-0.25, -0.2) is 4.98 Å². The van der Waals surface area contributed by atoms with E-state index in [0.717, 1.165) is 10.2 Å². The lowest BCUT2D eigenvalue weighted by molar-refractivity contribution is -0.0327. The number of hydrogen-bond acceptors (Lipinski definition) is 3. The summed E-state index contributed by atoms with van der Waals surface area (Å²) in [6, 6.07) is 14.0. The van der Waals surface area contributed by atoms with Gasteiger partial charge in [-0.05, 0) is 30.0 Å². The molecule has 0 atom stereocenters. The topological polar surface area (TPSA) is 12.9 Å². The quantitative estimate of drug-likeness (QED) is 0.573. The number of benzene rings is 2. The third-order valence-electron chi connectivity index (χ3n) is 2.64. The summed E-state index contributed by atoms with van der Waals surface area (Å²) in [6.07, 6.45) is 0. The second-order valence-corrected chi connectivity index (χ2v) is 6.17. The van der Waals surface area contributed by atoms with Crippen LogP contribution in [0.3, 0.4) is 0 Å². The maximum Gasteiger partial charge on any atom is 0.446 e. The van der Waals surface area contributed by atoms with Crippen molar-refractivity contribution < 1.29 is 13.2 Å². The van der Waals surface area contributed by atoms with Gasteiger partial charge in [0.05, 0.1) is 10.2 Å². The van der Waals surface area contributed by atoms with Gasteiger partial charge in [-0.15, -0.1) is 11.3 Å². The average Bonchev–Trinajstić information content (AvgIpc) is 2.81. The highest BCUT2D eigenvalue weighted by atomic mass is 32.2. The predicted molar refractivity (Wildman–Crippen MR) is 77.0 cm³/mol. The number of nitrogens with zero attached hydrogens (tertiary/aromatic N) is 1. The summed E-state index contributed by atoms with van der Waals surface area (Å²) in [5.74, 6) is 0. The van der Waals surface area contributed by atoms with E-state index in [4.69, 9.17) is 0 Å². The Bertz CT molecular complexity index is 716. The first kappa shape index (κ1) is 13.5. The molecule has 0 unspecified atom stereocenters. The van der Waals surface area contributed by atoms with Crippen LogP contribution in [0.1, 0.15) is 0 Å². The van der Waals surface area contributed by atoms with Gasteiger partial charge in [0.1, 0.15) is 5.01 Å². The van der Waals surface area contributed by atoms with Gasteiger partial charge in [0.2, 0.25) is 0 Å². The van der Waals surface area contributed by atoms with E-state index >= 15 is 0 Å². The molecule has 1 aromatic heterocycles. The molecule has 0 radical (unpaired) electrons. The fraction of sp³-hybridized carbons (Fsp3) is 0.0714. The number of thioether (sulfide) groups is 1. The fourth-order valence-electron chi connectivity index (χ4n) is 1.84. The summed E-state index contributed by atoms with van der Waals surface area (Å²) in [4.78, 5) is 4.59. The van der Waals surface area contributed by atoms with Crippen LogP contribution in [-0.2, 0) is 0 Å². The second kappa shape index (κ2) is 5.10. The monoisotopic (exact) mass is 311 g/mol. The molecule has 20 heavy (non-hydrogen) atoms. The zero-order valence-electron chi connectivity index (χ0n) is 10.0. The van der Waals surface area contributed by atoms with E-state index in [2.05, 4.69) is 4.98 Å². The first-order valence-electron chi connectivity index (χ1n) is 5.74. The summed E-state index contributed by atoms with van der Waals surface area (Å²) < 4.78 is 38.7. The van der Waals surface area contributed by atoms with Gasteiger partial charge in [0.15, 0.2) is 0 Å². The number of para-hydroxylation sites is 1. The zero-order chi connectivity index (χ0) is 14.2.